The van der Waals surface area contributed by atoms with Gasteiger partial charge in [0.15, 0.2) is 6.26 Å². The molecule has 0 bridgehead atoms. The number of aldehydes is 1. The van der Waals surface area contributed by atoms with Crippen LogP contribution >= 0.6 is 0 Å². The van der Waals surface area contributed by atoms with Gasteiger partial charge in [0.1, 0.15) is 1.37 Å². The fraction of sp³-hybridized carbons (Fsp3) is 0.333. The van der Waals surface area contributed by atoms with E-state index in [1.807, 2.05) is 0 Å². The standard InChI is InChI=1S/C12H15NO2/c1-12(2,3)11(15)13-10-7-5-4-6-9(10)8-14/h4-8H,1-3H3,(H,13,15)/i1D3,4D,5D,6D,7D,8D. The van der Waals surface area contributed by atoms with Gasteiger partial charge in [0.25, 0.3) is 0 Å². The van der Waals surface area contributed by atoms with Crippen molar-refractivity contribution >= 4 is 17.9 Å². The highest BCUT2D eigenvalue weighted by molar-refractivity contribution is 5.98. The van der Waals surface area contributed by atoms with E-state index in [-0.39, 0.29) is 0 Å². The lowest BCUT2D eigenvalue weighted by molar-refractivity contribution is -0.123. The molecule has 0 aliphatic heterocycles. The Morgan fingerprint density at radius 1 is 1.60 bits per heavy atom. The van der Waals surface area contributed by atoms with Gasteiger partial charge in [-0.3, -0.25) is 9.59 Å². The minimum absolute atomic E-state index is 0.599. The number of para-hydroxylation sites is 1. The van der Waals surface area contributed by atoms with Gasteiger partial charge in [-0.1, -0.05) is 32.8 Å². The molecule has 0 heterocycles. The Hall–Kier alpha value is -1.64. The topological polar surface area (TPSA) is 46.2 Å². The molecular weight excluding hydrogens is 190 g/mol. The van der Waals surface area contributed by atoms with E-state index in [4.69, 9.17) is 11.0 Å². The molecule has 1 aromatic carbocycles. The summed E-state index contributed by atoms with van der Waals surface area (Å²) in [5.41, 5.74) is -3.18. The Balaban J connectivity index is 3.51. The van der Waals surface area contributed by atoms with Crippen molar-refractivity contribution in [2.45, 2.75) is 20.7 Å². The molecule has 0 aliphatic carbocycles. The van der Waals surface area contributed by atoms with E-state index in [1.54, 1.807) is 0 Å². The van der Waals surface area contributed by atoms with E-state index in [9.17, 15) is 9.59 Å². The third kappa shape index (κ3) is 2.91. The molecule has 0 aliphatic rings. The number of hydrogen-bond donors (Lipinski definition) is 1. The van der Waals surface area contributed by atoms with Crippen LogP contribution in [-0.2, 0) is 4.79 Å². The van der Waals surface area contributed by atoms with Crippen molar-refractivity contribution < 1.29 is 20.6 Å². The molecule has 1 rings (SSSR count). The van der Waals surface area contributed by atoms with Gasteiger partial charge in [-0.05, 0) is 12.1 Å². The van der Waals surface area contributed by atoms with Gasteiger partial charge in [0.2, 0.25) is 5.91 Å². The van der Waals surface area contributed by atoms with Crippen LogP contribution in [0.25, 0.3) is 0 Å². The van der Waals surface area contributed by atoms with Crippen molar-refractivity contribution in [2.24, 2.45) is 5.41 Å². The molecule has 3 heteroatoms. The highest BCUT2D eigenvalue weighted by Gasteiger charge is 2.21. The van der Waals surface area contributed by atoms with Gasteiger partial charge in [-0.25, -0.2) is 0 Å². The lowest BCUT2D eigenvalue weighted by Crippen LogP contribution is -2.28. The van der Waals surface area contributed by atoms with Crippen LogP contribution in [-0.4, -0.2) is 12.2 Å². The van der Waals surface area contributed by atoms with Crippen LogP contribution in [0.3, 0.4) is 0 Å². The normalized spacial score (nSPS) is 19.3. The van der Waals surface area contributed by atoms with E-state index < -0.39 is 59.9 Å². The number of rotatable bonds is 2. The smallest absolute Gasteiger partial charge is 0.229 e. The molecule has 15 heavy (non-hydrogen) atoms. The molecule has 80 valence electrons. The second-order valence-corrected chi connectivity index (χ2v) is 3.43. The molecule has 1 amide bonds. The summed E-state index contributed by atoms with van der Waals surface area (Å²) in [5.74, 6) is -1.05. The summed E-state index contributed by atoms with van der Waals surface area (Å²) in [6.45, 7) is -0.389. The highest BCUT2D eigenvalue weighted by Crippen LogP contribution is 2.19. The number of nitrogens with one attached hydrogen (secondary N) is 1. The van der Waals surface area contributed by atoms with Gasteiger partial charge in [0, 0.05) is 15.1 Å². The largest absolute Gasteiger partial charge is 0.325 e. The first-order chi connectivity index (χ1) is 10.2. The summed E-state index contributed by atoms with van der Waals surface area (Å²) >= 11 is 0. The number of carbonyl (C=O) groups is 2. The molecule has 0 saturated heterocycles. The van der Waals surface area contributed by atoms with E-state index >= 15 is 0 Å². The van der Waals surface area contributed by atoms with E-state index in [1.165, 1.54) is 0 Å². The molecule has 0 spiro atoms. The van der Waals surface area contributed by atoms with Gasteiger partial charge in [-0.2, -0.15) is 0 Å². The van der Waals surface area contributed by atoms with Crippen LogP contribution in [0.15, 0.2) is 24.2 Å². The van der Waals surface area contributed by atoms with Gasteiger partial charge >= 0.3 is 0 Å². The second-order valence-electron chi connectivity index (χ2n) is 3.43. The van der Waals surface area contributed by atoms with Crippen molar-refractivity contribution in [2.75, 3.05) is 5.32 Å². The fourth-order valence-corrected chi connectivity index (χ4v) is 0.753. The van der Waals surface area contributed by atoms with E-state index in [2.05, 4.69) is 5.32 Å². The summed E-state index contributed by atoms with van der Waals surface area (Å²) in [4.78, 5) is 23.6. The molecule has 0 saturated carbocycles. The number of hydrogen-bond acceptors (Lipinski definition) is 2. The van der Waals surface area contributed by atoms with Crippen molar-refractivity contribution in [3.05, 3.63) is 29.7 Å². The minimum Gasteiger partial charge on any atom is -0.325 e. The quantitative estimate of drug-likeness (QED) is 0.767. The van der Waals surface area contributed by atoms with Crippen LogP contribution in [0.1, 0.15) is 42.0 Å². The molecule has 1 N–H and O–H groups in total. The first-order valence-electron chi connectivity index (χ1n) is 8.16. The highest BCUT2D eigenvalue weighted by atomic mass is 16.2. The average molecular weight is 213 g/mol. The number of anilines is 1. The molecular formula is C12H15NO2. The maximum atomic E-state index is 12.2. The molecule has 0 aromatic heterocycles. The zero-order chi connectivity index (χ0) is 18.3. The summed E-state index contributed by atoms with van der Waals surface area (Å²) in [5, 5.41) is 2.07. The first kappa shape index (κ1) is 4.47. The lowest BCUT2D eigenvalue weighted by Gasteiger charge is -2.18. The van der Waals surface area contributed by atoms with Crippen LogP contribution in [0.2, 0.25) is 0 Å². The van der Waals surface area contributed by atoms with Crippen LogP contribution < -0.4 is 5.32 Å². The number of amides is 1. The third-order valence-corrected chi connectivity index (χ3v) is 1.60. The van der Waals surface area contributed by atoms with E-state index in [0.29, 0.717) is 0 Å². The van der Waals surface area contributed by atoms with Crippen molar-refractivity contribution in [1.29, 1.82) is 0 Å². The molecule has 0 atom stereocenters. The first-order valence-corrected chi connectivity index (χ1v) is 4.16. The molecule has 0 fully saturated rings. The van der Waals surface area contributed by atoms with Crippen LogP contribution in [0.5, 0.6) is 0 Å². The predicted molar refractivity (Wildman–Crippen MR) is 59.9 cm³/mol. The van der Waals surface area contributed by atoms with Crippen LogP contribution in [0, 0.1) is 5.41 Å². The lowest BCUT2D eigenvalue weighted by atomic mass is 9.95. The summed E-state index contributed by atoms with van der Waals surface area (Å²) in [6.07, 6.45) is -1.42. The monoisotopic (exact) mass is 213 g/mol. The van der Waals surface area contributed by atoms with Gasteiger partial charge < -0.3 is 5.32 Å². The maximum Gasteiger partial charge on any atom is 0.229 e. The average Bonchev–Trinajstić information content (AvgIpc) is 2.40. The van der Waals surface area contributed by atoms with Gasteiger partial charge in [0.05, 0.1) is 11.2 Å². The molecule has 0 radical (unpaired) electrons. The Morgan fingerprint density at radius 2 is 2.27 bits per heavy atom. The summed E-state index contributed by atoms with van der Waals surface area (Å²) in [6, 6.07) is -2.93. The SMILES string of the molecule is [2H]C(=O)c1c([2H])c([2H])c([2H])c([2H])c1NC(=O)C(C)(C)C([2H])([2H])[2H]. The van der Waals surface area contributed by atoms with Crippen molar-refractivity contribution in [3.8, 4) is 0 Å². The molecule has 0 unspecified atom stereocenters. The second kappa shape index (κ2) is 4.26. The van der Waals surface area contributed by atoms with Crippen molar-refractivity contribution in [3.63, 3.8) is 0 Å². The van der Waals surface area contributed by atoms with Crippen molar-refractivity contribution in [1.82, 2.24) is 0 Å². The summed E-state index contributed by atoms with van der Waals surface area (Å²) < 4.78 is 59.6. The molecule has 3 nitrogen and oxygen atoms in total. The third-order valence-electron chi connectivity index (χ3n) is 1.60. The number of carbonyl (C=O) groups excluding carboxylic acids is 2. The van der Waals surface area contributed by atoms with Gasteiger partial charge in [-0.15, -0.1) is 0 Å². The Kier molecular flexibility index (Phi) is 1.27. The fourth-order valence-electron chi connectivity index (χ4n) is 0.753. The zero-order valence-electron chi connectivity index (χ0n) is 16.3. The Morgan fingerprint density at radius 3 is 2.87 bits per heavy atom. The molecule has 1 aromatic rings. The summed E-state index contributed by atoms with van der Waals surface area (Å²) in [7, 11) is 0. The maximum absolute atomic E-state index is 12.2. The zero-order valence-corrected chi connectivity index (χ0v) is 8.32. The number of benzene rings is 1. The Labute approximate surface area is 101 Å². The van der Waals surface area contributed by atoms with E-state index in [0.717, 1.165) is 13.8 Å². The minimum atomic E-state index is -2.67. The Bertz CT molecular complexity index is 681. The van der Waals surface area contributed by atoms with Crippen LogP contribution in [0.4, 0.5) is 5.69 Å². The predicted octanol–water partition coefficient (Wildman–Crippen LogP) is 2.48.